The van der Waals surface area contributed by atoms with Gasteiger partial charge in [-0.25, -0.2) is 9.97 Å². The molecule has 7 nitrogen and oxygen atoms in total. The molecule has 1 amide bonds. The molecular weight excluding hydrogens is 256 g/mol. The lowest BCUT2D eigenvalue weighted by Crippen LogP contribution is -2.46. The minimum Gasteiger partial charge on any atom is -0.382 e. The second kappa shape index (κ2) is 4.09. The Kier molecular flexibility index (Phi) is 2.35. The van der Waals surface area contributed by atoms with Crippen LogP contribution in [0.15, 0.2) is 18.6 Å². The van der Waals surface area contributed by atoms with E-state index < -0.39 is 0 Å². The summed E-state index contributed by atoms with van der Waals surface area (Å²) in [5.74, 6) is 1.45. The Balaban J connectivity index is 1.82. The third-order valence-electron chi connectivity index (χ3n) is 4.25. The highest BCUT2D eigenvalue weighted by atomic mass is 16.2. The number of rotatable bonds is 1. The van der Waals surface area contributed by atoms with Crippen molar-refractivity contribution in [3.8, 4) is 0 Å². The molecule has 2 aromatic rings. The molecule has 0 aromatic carbocycles. The fourth-order valence-electron chi connectivity index (χ4n) is 3.34. The summed E-state index contributed by atoms with van der Waals surface area (Å²) < 4.78 is 1.88. The van der Waals surface area contributed by atoms with Crippen LogP contribution in [-0.4, -0.2) is 39.4 Å². The Bertz CT molecular complexity index is 681. The molecule has 4 heterocycles. The molecule has 2 aliphatic rings. The molecule has 2 saturated heterocycles. The largest absolute Gasteiger partial charge is 0.382 e. The molecular formula is C13H16N6O. The molecule has 2 fully saturated rings. The van der Waals surface area contributed by atoms with Crippen LogP contribution in [0.3, 0.4) is 0 Å². The van der Waals surface area contributed by atoms with Crippen molar-refractivity contribution in [1.29, 1.82) is 0 Å². The summed E-state index contributed by atoms with van der Waals surface area (Å²) >= 11 is 0. The van der Waals surface area contributed by atoms with Crippen molar-refractivity contribution in [2.24, 2.45) is 5.92 Å². The second-order valence-corrected chi connectivity index (χ2v) is 5.40. The number of nitrogens with two attached hydrogens (primary N) is 1. The van der Waals surface area contributed by atoms with Crippen LogP contribution in [0.2, 0.25) is 0 Å². The van der Waals surface area contributed by atoms with Gasteiger partial charge in [0.25, 0.3) is 0 Å². The summed E-state index contributed by atoms with van der Waals surface area (Å²) in [6.45, 7) is 1.56. The van der Waals surface area contributed by atoms with E-state index in [4.69, 9.17) is 5.73 Å². The van der Waals surface area contributed by atoms with Crippen molar-refractivity contribution in [2.75, 3.05) is 23.7 Å². The average molecular weight is 272 g/mol. The lowest BCUT2D eigenvalue weighted by Gasteiger charge is -2.36. The zero-order valence-electron chi connectivity index (χ0n) is 11.0. The number of hydrogen-bond acceptors (Lipinski definition) is 5. The van der Waals surface area contributed by atoms with E-state index in [-0.39, 0.29) is 17.9 Å². The molecule has 2 unspecified atom stereocenters. The van der Waals surface area contributed by atoms with Crippen molar-refractivity contribution in [3.63, 3.8) is 0 Å². The van der Waals surface area contributed by atoms with Crippen LogP contribution >= 0.6 is 0 Å². The van der Waals surface area contributed by atoms with Gasteiger partial charge in [0.15, 0.2) is 11.5 Å². The van der Waals surface area contributed by atoms with Crippen LogP contribution in [0.1, 0.15) is 12.8 Å². The number of anilines is 2. The van der Waals surface area contributed by atoms with Crippen molar-refractivity contribution in [1.82, 2.24) is 19.7 Å². The van der Waals surface area contributed by atoms with Crippen LogP contribution in [-0.2, 0) is 4.79 Å². The van der Waals surface area contributed by atoms with Crippen LogP contribution in [0.5, 0.6) is 0 Å². The SMILES string of the molecule is Nc1cn2ccnc2c(N2CCCC3C(=O)NCC32)n1. The molecule has 2 atom stereocenters. The molecule has 0 saturated carbocycles. The maximum absolute atomic E-state index is 11.9. The summed E-state index contributed by atoms with van der Waals surface area (Å²) in [5.41, 5.74) is 6.68. The van der Waals surface area contributed by atoms with Gasteiger partial charge in [-0.15, -0.1) is 0 Å². The quantitative estimate of drug-likeness (QED) is 0.764. The van der Waals surface area contributed by atoms with Crippen LogP contribution in [0, 0.1) is 5.92 Å². The highest BCUT2D eigenvalue weighted by Crippen LogP contribution is 2.32. The molecule has 104 valence electrons. The monoisotopic (exact) mass is 272 g/mol. The van der Waals surface area contributed by atoms with Crippen molar-refractivity contribution in [2.45, 2.75) is 18.9 Å². The Labute approximate surface area is 115 Å². The first-order valence-electron chi connectivity index (χ1n) is 6.87. The van der Waals surface area contributed by atoms with E-state index in [2.05, 4.69) is 20.2 Å². The summed E-state index contributed by atoms with van der Waals surface area (Å²) in [6, 6.07) is 0.158. The number of hydrogen-bond donors (Lipinski definition) is 2. The van der Waals surface area contributed by atoms with Crippen LogP contribution < -0.4 is 16.0 Å². The van der Waals surface area contributed by atoms with Gasteiger partial charge in [0, 0.05) is 25.5 Å². The number of imidazole rings is 1. The molecule has 20 heavy (non-hydrogen) atoms. The lowest BCUT2D eigenvalue weighted by atomic mass is 9.91. The Morgan fingerprint density at radius 1 is 1.45 bits per heavy atom. The van der Waals surface area contributed by atoms with E-state index in [0.717, 1.165) is 30.9 Å². The standard InChI is InChI=1S/C13H16N6O/c14-10-7-18-5-3-15-11(18)12(17-10)19-4-1-2-8-9(19)6-16-13(8)20/h3,5,7-9H,1-2,4,6,14H2,(H,16,20). The van der Waals surface area contributed by atoms with Gasteiger partial charge < -0.3 is 20.4 Å². The van der Waals surface area contributed by atoms with Gasteiger partial charge in [-0.1, -0.05) is 0 Å². The average Bonchev–Trinajstić information content (AvgIpc) is 3.05. The number of carbonyl (C=O) groups excluding carboxylic acids is 1. The van der Waals surface area contributed by atoms with Crippen molar-refractivity contribution < 1.29 is 4.79 Å². The van der Waals surface area contributed by atoms with E-state index in [1.807, 2.05) is 10.6 Å². The zero-order valence-corrected chi connectivity index (χ0v) is 11.0. The first-order chi connectivity index (χ1) is 9.74. The summed E-state index contributed by atoms with van der Waals surface area (Å²) in [6.07, 6.45) is 7.28. The van der Waals surface area contributed by atoms with Crippen LogP contribution in [0.25, 0.3) is 5.65 Å². The molecule has 0 aliphatic carbocycles. The third-order valence-corrected chi connectivity index (χ3v) is 4.25. The van der Waals surface area contributed by atoms with E-state index in [1.54, 1.807) is 12.4 Å². The van der Waals surface area contributed by atoms with Gasteiger partial charge in [0.2, 0.25) is 5.91 Å². The minimum atomic E-state index is 0.0574. The van der Waals surface area contributed by atoms with Crippen molar-refractivity contribution >= 4 is 23.2 Å². The Morgan fingerprint density at radius 3 is 3.25 bits per heavy atom. The highest BCUT2D eigenvalue weighted by molar-refractivity contribution is 5.83. The van der Waals surface area contributed by atoms with Gasteiger partial charge in [-0.2, -0.15) is 0 Å². The Morgan fingerprint density at radius 2 is 2.35 bits per heavy atom. The summed E-state index contributed by atoms with van der Waals surface area (Å²) in [7, 11) is 0. The maximum Gasteiger partial charge on any atom is 0.225 e. The zero-order chi connectivity index (χ0) is 13.7. The molecule has 3 N–H and O–H groups in total. The first-order valence-corrected chi connectivity index (χ1v) is 6.87. The number of nitrogens with zero attached hydrogens (tertiary/aromatic N) is 4. The van der Waals surface area contributed by atoms with E-state index in [0.29, 0.717) is 12.4 Å². The summed E-state index contributed by atoms with van der Waals surface area (Å²) in [5, 5.41) is 2.95. The topological polar surface area (TPSA) is 88.5 Å². The number of aromatic nitrogens is 3. The normalized spacial score (nSPS) is 25.8. The smallest absolute Gasteiger partial charge is 0.225 e. The maximum atomic E-state index is 11.9. The van der Waals surface area contributed by atoms with Gasteiger partial charge in [0.05, 0.1) is 18.2 Å². The fraction of sp³-hybridized carbons (Fsp3) is 0.462. The predicted octanol–water partition coefficient (Wildman–Crippen LogP) is 0.0263. The molecule has 2 aliphatic heterocycles. The number of fused-ring (bicyclic) bond motifs is 2. The van der Waals surface area contributed by atoms with Crippen molar-refractivity contribution in [3.05, 3.63) is 18.6 Å². The van der Waals surface area contributed by atoms with Gasteiger partial charge in [-0.05, 0) is 12.8 Å². The molecule has 0 radical (unpaired) electrons. The highest BCUT2D eigenvalue weighted by Gasteiger charge is 2.41. The molecule has 4 rings (SSSR count). The van der Waals surface area contributed by atoms with Crippen LogP contribution in [0.4, 0.5) is 11.6 Å². The fourth-order valence-corrected chi connectivity index (χ4v) is 3.34. The van der Waals surface area contributed by atoms with E-state index in [1.165, 1.54) is 0 Å². The first kappa shape index (κ1) is 11.5. The van der Waals surface area contributed by atoms with E-state index in [9.17, 15) is 4.79 Å². The third kappa shape index (κ3) is 1.55. The lowest BCUT2D eigenvalue weighted by molar-refractivity contribution is -0.122. The number of nitrogen functional groups attached to an aromatic ring is 1. The number of carbonyl (C=O) groups is 1. The number of amides is 1. The van der Waals surface area contributed by atoms with Gasteiger partial charge >= 0.3 is 0 Å². The Hall–Kier alpha value is -2.31. The molecule has 7 heteroatoms. The number of nitrogens with one attached hydrogen (secondary N) is 1. The molecule has 2 aromatic heterocycles. The second-order valence-electron chi connectivity index (χ2n) is 5.40. The van der Waals surface area contributed by atoms with Gasteiger partial charge in [0.1, 0.15) is 5.82 Å². The van der Waals surface area contributed by atoms with E-state index >= 15 is 0 Å². The van der Waals surface area contributed by atoms with Gasteiger partial charge in [-0.3, -0.25) is 4.79 Å². The molecule has 0 spiro atoms. The predicted molar refractivity (Wildman–Crippen MR) is 74.3 cm³/mol. The number of piperidine rings is 1. The molecule has 0 bridgehead atoms. The minimum absolute atomic E-state index is 0.0574. The summed E-state index contributed by atoms with van der Waals surface area (Å²) in [4.78, 5) is 22.9.